The van der Waals surface area contributed by atoms with E-state index in [2.05, 4.69) is 40.0 Å². The van der Waals surface area contributed by atoms with Gasteiger partial charge in [0.05, 0.1) is 12.3 Å². The lowest BCUT2D eigenvalue weighted by Crippen LogP contribution is -2.26. The third-order valence-electron chi connectivity index (χ3n) is 3.61. The summed E-state index contributed by atoms with van der Waals surface area (Å²) in [6.45, 7) is 3.22. The number of nitrogens with zero attached hydrogens (tertiary/aromatic N) is 2. The van der Waals surface area contributed by atoms with Gasteiger partial charge in [-0.05, 0) is 18.6 Å². The second-order valence-electron chi connectivity index (χ2n) is 5.26. The molecule has 1 aromatic carbocycles. The fourth-order valence-electron chi connectivity index (χ4n) is 2.61. The number of hydrogen-bond acceptors (Lipinski definition) is 4. The Morgan fingerprint density at radius 2 is 2.22 bits per heavy atom. The van der Waals surface area contributed by atoms with Gasteiger partial charge < -0.3 is 15.0 Å². The van der Waals surface area contributed by atoms with Crippen molar-refractivity contribution in [2.75, 3.05) is 13.2 Å². The molecule has 6 heteroatoms. The van der Waals surface area contributed by atoms with Crippen LogP contribution in [-0.2, 0) is 6.54 Å². The summed E-state index contributed by atoms with van der Waals surface area (Å²) in [5, 5.41) is 15.2. The van der Waals surface area contributed by atoms with Crippen LogP contribution in [0.2, 0.25) is 0 Å². The molecule has 0 aliphatic carbocycles. The minimum Gasteiger partial charge on any atom is -0.395 e. The van der Waals surface area contributed by atoms with Gasteiger partial charge in [-0.25, -0.2) is 4.98 Å². The molecular formula is C17H19N3O2S. The average Bonchev–Trinajstić information content (AvgIpc) is 3.18. The van der Waals surface area contributed by atoms with Gasteiger partial charge in [0, 0.05) is 29.4 Å². The summed E-state index contributed by atoms with van der Waals surface area (Å²) in [5.74, 6) is -0.250. The molecule has 120 valence electrons. The predicted octanol–water partition coefficient (Wildman–Crippen LogP) is 2.90. The van der Waals surface area contributed by atoms with Crippen molar-refractivity contribution in [3.8, 4) is 10.7 Å². The largest absolute Gasteiger partial charge is 0.395 e. The number of thiazole rings is 1. The van der Waals surface area contributed by atoms with Crippen molar-refractivity contribution >= 4 is 28.1 Å². The van der Waals surface area contributed by atoms with Crippen LogP contribution in [0.4, 0.5) is 0 Å². The molecule has 2 N–H and O–H groups in total. The summed E-state index contributed by atoms with van der Waals surface area (Å²) < 4.78 is 2.25. The highest BCUT2D eigenvalue weighted by Crippen LogP contribution is 2.30. The zero-order valence-corrected chi connectivity index (χ0v) is 13.8. The molecule has 2 aromatic heterocycles. The first kappa shape index (κ1) is 15.7. The predicted molar refractivity (Wildman–Crippen MR) is 92.8 cm³/mol. The molecule has 0 saturated heterocycles. The lowest BCUT2D eigenvalue weighted by Gasteiger charge is -2.07. The standard InChI is InChI=1S/C17H19N3O2S/c1-2-8-20-14-6-4-3-5-12(14)10-15(20)17-19-13(11-23-17)16(22)18-7-9-21/h3-6,10-11,21H,2,7-9H2,1H3,(H,18,22). The molecule has 0 aliphatic heterocycles. The van der Waals surface area contributed by atoms with Gasteiger partial charge in [-0.3, -0.25) is 4.79 Å². The molecule has 3 aromatic rings. The van der Waals surface area contributed by atoms with E-state index in [-0.39, 0.29) is 19.1 Å². The summed E-state index contributed by atoms with van der Waals surface area (Å²) in [4.78, 5) is 16.4. The lowest BCUT2D eigenvalue weighted by atomic mass is 10.2. The number of aromatic nitrogens is 2. The van der Waals surface area contributed by atoms with Crippen LogP contribution in [0.25, 0.3) is 21.6 Å². The van der Waals surface area contributed by atoms with Crippen molar-refractivity contribution in [2.45, 2.75) is 19.9 Å². The number of fused-ring (bicyclic) bond motifs is 1. The normalized spacial score (nSPS) is 11.0. The second kappa shape index (κ2) is 6.93. The quantitative estimate of drug-likeness (QED) is 0.731. The van der Waals surface area contributed by atoms with E-state index < -0.39 is 0 Å². The number of carbonyl (C=O) groups is 1. The first-order valence-electron chi connectivity index (χ1n) is 7.67. The molecular weight excluding hydrogens is 310 g/mol. The number of aliphatic hydroxyl groups excluding tert-OH is 1. The van der Waals surface area contributed by atoms with Gasteiger partial charge in [-0.15, -0.1) is 11.3 Å². The second-order valence-corrected chi connectivity index (χ2v) is 6.12. The van der Waals surface area contributed by atoms with Crippen molar-refractivity contribution in [2.24, 2.45) is 0 Å². The fourth-order valence-corrected chi connectivity index (χ4v) is 3.43. The van der Waals surface area contributed by atoms with E-state index >= 15 is 0 Å². The Morgan fingerprint density at radius 1 is 1.39 bits per heavy atom. The number of benzene rings is 1. The minimum atomic E-state index is -0.250. The first-order chi connectivity index (χ1) is 11.2. The number of nitrogens with one attached hydrogen (secondary N) is 1. The Balaban J connectivity index is 1.98. The number of carbonyl (C=O) groups excluding carboxylic acids is 1. The maximum absolute atomic E-state index is 11.9. The monoisotopic (exact) mass is 329 g/mol. The van der Waals surface area contributed by atoms with Gasteiger partial charge in [0.15, 0.2) is 0 Å². The van der Waals surface area contributed by atoms with Crippen LogP contribution < -0.4 is 5.32 Å². The highest BCUT2D eigenvalue weighted by molar-refractivity contribution is 7.13. The Morgan fingerprint density at radius 3 is 3.00 bits per heavy atom. The number of para-hydroxylation sites is 1. The lowest BCUT2D eigenvalue weighted by molar-refractivity contribution is 0.0940. The van der Waals surface area contributed by atoms with E-state index in [9.17, 15) is 4.79 Å². The summed E-state index contributed by atoms with van der Waals surface area (Å²) in [7, 11) is 0. The van der Waals surface area contributed by atoms with E-state index in [1.807, 2.05) is 12.1 Å². The van der Waals surface area contributed by atoms with E-state index in [4.69, 9.17) is 5.11 Å². The number of rotatable bonds is 6. The third kappa shape index (κ3) is 3.13. The van der Waals surface area contributed by atoms with E-state index in [1.54, 1.807) is 5.38 Å². The van der Waals surface area contributed by atoms with Gasteiger partial charge >= 0.3 is 0 Å². The maximum atomic E-state index is 11.9. The molecule has 5 nitrogen and oxygen atoms in total. The average molecular weight is 329 g/mol. The van der Waals surface area contributed by atoms with Crippen molar-refractivity contribution < 1.29 is 9.90 Å². The van der Waals surface area contributed by atoms with Crippen LogP contribution in [0.3, 0.4) is 0 Å². The van der Waals surface area contributed by atoms with Crippen LogP contribution >= 0.6 is 11.3 Å². The SMILES string of the molecule is CCCn1c(-c2nc(C(=O)NCCO)cs2)cc2ccccc21. The summed E-state index contributed by atoms with van der Waals surface area (Å²) in [5.41, 5.74) is 2.62. The Labute approximate surface area is 138 Å². The molecule has 0 unspecified atom stereocenters. The topological polar surface area (TPSA) is 67.2 Å². The first-order valence-corrected chi connectivity index (χ1v) is 8.55. The molecule has 0 spiro atoms. The zero-order valence-electron chi connectivity index (χ0n) is 13.0. The van der Waals surface area contributed by atoms with Crippen molar-refractivity contribution in [1.82, 2.24) is 14.9 Å². The molecule has 0 radical (unpaired) electrons. The molecule has 3 rings (SSSR count). The van der Waals surface area contributed by atoms with Crippen LogP contribution in [0, 0.1) is 0 Å². The molecule has 0 atom stereocenters. The molecule has 0 bridgehead atoms. The van der Waals surface area contributed by atoms with Crippen LogP contribution in [0.1, 0.15) is 23.8 Å². The summed E-state index contributed by atoms with van der Waals surface area (Å²) in [6.07, 6.45) is 1.03. The Kier molecular flexibility index (Phi) is 4.73. The summed E-state index contributed by atoms with van der Waals surface area (Å²) in [6, 6.07) is 10.4. The van der Waals surface area contributed by atoms with E-state index in [0.29, 0.717) is 5.69 Å². The van der Waals surface area contributed by atoms with Crippen molar-refractivity contribution in [3.05, 3.63) is 41.4 Å². The number of hydrogen-bond donors (Lipinski definition) is 2. The van der Waals surface area contributed by atoms with Gasteiger partial charge in [-0.2, -0.15) is 0 Å². The number of aryl methyl sites for hydroxylation is 1. The van der Waals surface area contributed by atoms with Crippen LogP contribution in [0.15, 0.2) is 35.7 Å². The fraction of sp³-hybridized carbons (Fsp3) is 0.294. The van der Waals surface area contributed by atoms with E-state index in [1.165, 1.54) is 22.2 Å². The molecule has 23 heavy (non-hydrogen) atoms. The molecule has 0 fully saturated rings. The van der Waals surface area contributed by atoms with Crippen molar-refractivity contribution in [1.29, 1.82) is 0 Å². The van der Waals surface area contributed by atoms with Crippen molar-refractivity contribution in [3.63, 3.8) is 0 Å². The molecule has 0 saturated carbocycles. The smallest absolute Gasteiger partial charge is 0.270 e. The maximum Gasteiger partial charge on any atom is 0.270 e. The molecule has 1 amide bonds. The summed E-state index contributed by atoms with van der Waals surface area (Å²) >= 11 is 1.46. The molecule has 0 aliphatic rings. The van der Waals surface area contributed by atoms with Gasteiger partial charge in [-0.1, -0.05) is 25.1 Å². The van der Waals surface area contributed by atoms with Crippen LogP contribution in [-0.4, -0.2) is 33.7 Å². The number of aliphatic hydroxyl groups is 1. The van der Waals surface area contributed by atoms with Gasteiger partial charge in [0.1, 0.15) is 10.7 Å². The van der Waals surface area contributed by atoms with E-state index in [0.717, 1.165) is 23.7 Å². The number of amides is 1. The minimum absolute atomic E-state index is 0.0759. The zero-order chi connectivity index (χ0) is 16.2. The highest BCUT2D eigenvalue weighted by atomic mass is 32.1. The van der Waals surface area contributed by atoms with Crippen LogP contribution in [0.5, 0.6) is 0 Å². The highest BCUT2D eigenvalue weighted by Gasteiger charge is 2.16. The third-order valence-corrected chi connectivity index (χ3v) is 4.48. The Bertz CT molecular complexity index is 822. The Hall–Kier alpha value is -2.18. The van der Waals surface area contributed by atoms with Gasteiger partial charge in [0.2, 0.25) is 0 Å². The van der Waals surface area contributed by atoms with Gasteiger partial charge in [0.25, 0.3) is 5.91 Å². The molecule has 2 heterocycles.